The number of aliphatic carboxylic acids is 1. The van der Waals surface area contributed by atoms with Crippen LogP contribution in [0.5, 0.6) is 0 Å². The van der Waals surface area contributed by atoms with Gasteiger partial charge in [-0.1, -0.05) is 12.8 Å². The first-order chi connectivity index (χ1) is 8.79. The SMILES string of the molecule is CC(C)(C)OC(=O)N1C(C(=O)O)CC2CCCCC21. The van der Waals surface area contributed by atoms with E-state index in [9.17, 15) is 14.7 Å². The van der Waals surface area contributed by atoms with Crippen molar-refractivity contribution in [2.75, 3.05) is 0 Å². The van der Waals surface area contributed by atoms with Gasteiger partial charge in [0, 0.05) is 6.04 Å². The highest BCUT2D eigenvalue weighted by atomic mass is 16.6. The standard InChI is InChI=1S/C14H23NO4/c1-14(2,3)19-13(18)15-10-7-5-4-6-9(10)8-11(15)12(16)17/h9-11H,4-8H2,1-3H3,(H,16,17). The highest BCUT2D eigenvalue weighted by Crippen LogP contribution is 2.40. The fraction of sp³-hybridized carbons (Fsp3) is 0.857. The summed E-state index contributed by atoms with van der Waals surface area (Å²) in [5.41, 5.74) is -0.590. The van der Waals surface area contributed by atoms with E-state index in [-0.39, 0.29) is 6.04 Å². The molecule has 1 aliphatic heterocycles. The molecule has 5 heteroatoms. The maximum atomic E-state index is 12.3. The molecule has 108 valence electrons. The molecule has 0 aromatic carbocycles. The molecule has 3 atom stereocenters. The fourth-order valence-corrected chi connectivity index (χ4v) is 3.26. The molecular weight excluding hydrogens is 246 g/mol. The van der Waals surface area contributed by atoms with Gasteiger partial charge in [0.2, 0.25) is 0 Å². The predicted octanol–water partition coefficient (Wildman–Crippen LogP) is 2.64. The normalized spacial score (nSPS) is 30.9. The second-order valence-corrected chi connectivity index (χ2v) is 6.59. The third kappa shape index (κ3) is 3.01. The number of hydrogen-bond donors (Lipinski definition) is 1. The molecule has 0 radical (unpaired) electrons. The van der Waals surface area contributed by atoms with E-state index in [2.05, 4.69) is 0 Å². The molecule has 2 aliphatic rings. The van der Waals surface area contributed by atoms with Gasteiger partial charge in [0.15, 0.2) is 0 Å². The zero-order chi connectivity index (χ0) is 14.2. The zero-order valence-electron chi connectivity index (χ0n) is 11.9. The van der Waals surface area contributed by atoms with Gasteiger partial charge in [-0.2, -0.15) is 0 Å². The molecule has 0 aromatic heterocycles. The lowest BCUT2D eigenvalue weighted by atomic mass is 9.85. The number of amides is 1. The van der Waals surface area contributed by atoms with Gasteiger partial charge in [-0.25, -0.2) is 9.59 Å². The molecule has 2 fully saturated rings. The van der Waals surface area contributed by atoms with Crippen LogP contribution in [-0.4, -0.2) is 39.8 Å². The summed E-state index contributed by atoms with van der Waals surface area (Å²) in [5, 5.41) is 9.33. The summed E-state index contributed by atoms with van der Waals surface area (Å²) < 4.78 is 5.37. The number of likely N-dealkylation sites (tertiary alicyclic amines) is 1. The average Bonchev–Trinajstić information content (AvgIpc) is 2.65. The number of ether oxygens (including phenoxy) is 1. The van der Waals surface area contributed by atoms with Crippen molar-refractivity contribution in [1.82, 2.24) is 4.90 Å². The van der Waals surface area contributed by atoms with Crippen LogP contribution < -0.4 is 0 Å². The Bertz CT molecular complexity index is 374. The van der Waals surface area contributed by atoms with Gasteiger partial charge in [0.1, 0.15) is 11.6 Å². The summed E-state index contributed by atoms with van der Waals surface area (Å²) in [4.78, 5) is 25.1. The smallest absolute Gasteiger partial charge is 0.411 e. The zero-order valence-corrected chi connectivity index (χ0v) is 11.9. The third-order valence-electron chi connectivity index (χ3n) is 3.98. The van der Waals surface area contributed by atoms with Crippen molar-refractivity contribution in [2.24, 2.45) is 5.92 Å². The van der Waals surface area contributed by atoms with Gasteiger partial charge in [-0.3, -0.25) is 4.90 Å². The van der Waals surface area contributed by atoms with E-state index >= 15 is 0 Å². The number of hydrogen-bond acceptors (Lipinski definition) is 3. The van der Waals surface area contributed by atoms with E-state index in [0.29, 0.717) is 12.3 Å². The quantitative estimate of drug-likeness (QED) is 0.794. The lowest BCUT2D eigenvalue weighted by Gasteiger charge is -2.34. The van der Waals surface area contributed by atoms with E-state index in [1.807, 2.05) is 0 Å². The minimum atomic E-state index is -0.916. The number of rotatable bonds is 1. The minimum absolute atomic E-state index is 0.0460. The number of carbonyl (C=O) groups excluding carboxylic acids is 1. The lowest BCUT2D eigenvalue weighted by Crippen LogP contribution is -2.48. The first-order valence-electron chi connectivity index (χ1n) is 7.04. The van der Waals surface area contributed by atoms with Crippen LogP contribution in [-0.2, 0) is 9.53 Å². The number of carboxylic acids is 1. The summed E-state index contributed by atoms with van der Waals surface area (Å²) in [6, 6.07) is -0.673. The maximum absolute atomic E-state index is 12.3. The van der Waals surface area contributed by atoms with Crippen molar-refractivity contribution in [1.29, 1.82) is 0 Å². The van der Waals surface area contributed by atoms with Crippen LogP contribution in [0.2, 0.25) is 0 Å². The molecule has 1 saturated heterocycles. The number of carbonyl (C=O) groups is 2. The summed E-state index contributed by atoms with van der Waals surface area (Å²) in [6.45, 7) is 5.40. The largest absolute Gasteiger partial charge is 0.480 e. The monoisotopic (exact) mass is 269 g/mol. The molecule has 0 spiro atoms. The second-order valence-electron chi connectivity index (χ2n) is 6.59. The summed E-state index contributed by atoms with van der Waals surface area (Å²) in [6.07, 6.45) is 4.21. The number of nitrogens with zero attached hydrogens (tertiary/aromatic N) is 1. The molecule has 5 nitrogen and oxygen atoms in total. The van der Waals surface area contributed by atoms with Crippen molar-refractivity contribution < 1.29 is 19.4 Å². The van der Waals surface area contributed by atoms with Crippen LogP contribution in [0.15, 0.2) is 0 Å². The Morgan fingerprint density at radius 1 is 1.21 bits per heavy atom. The topological polar surface area (TPSA) is 66.8 Å². The van der Waals surface area contributed by atoms with Gasteiger partial charge >= 0.3 is 12.1 Å². The molecule has 1 aliphatic carbocycles. The Morgan fingerprint density at radius 3 is 2.42 bits per heavy atom. The Morgan fingerprint density at radius 2 is 1.84 bits per heavy atom. The van der Waals surface area contributed by atoms with Gasteiger partial charge in [0.25, 0.3) is 0 Å². The van der Waals surface area contributed by atoms with E-state index in [0.717, 1.165) is 25.7 Å². The summed E-state index contributed by atoms with van der Waals surface area (Å²) >= 11 is 0. The molecule has 2 rings (SSSR count). The molecule has 0 bridgehead atoms. The summed E-state index contributed by atoms with van der Waals surface area (Å²) in [5.74, 6) is -0.595. The predicted molar refractivity (Wildman–Crippen MR) is 69.9 cm³/mol. The van der Waals surface area contributed by atoms with E-state index in [1.54, 1.807) is 20.8 Å². The highest BCUT2D eigenvalue weighted by molar-refractivity contribution is 5.81. The molecule has 1 saturated carbocycles. The van der Waals surface area contributed by atoms with Crippen molar-refractivity contribution >= 4 is 12.1 Å². The first-order valence-corrected chi connectivity index (χ1v) is 7.04. The molecule has 1 heterocycles. The van der Waals surface area contributed by atoms with Crippen LogP contribution in [0.3, 0.4) is 0 Å². The van der Waals surface area contributed by atoms with Crippen molar-refractivity contribution in [2.45, 2.75) is 70.6 Å². The van der Waals surface area contributed by atoms with Crippen LogP contribution in [0, 0.1) is 5.92 Å². The molecular formula is C14H23NO4. The van der Waals surface area contributed by atoms with E-state index in [1.165, 1.54) is 4.90 Å². The second kappa shape index (κ2) is 5.02. The van der Waals surface area contributed by atoms with E-state index in [4.69, 9.17) is 4.74 Å². The third-order valence-corrected chi connectivity index (χ3v) is 3.98. The molecule has 0 aromatic rings. The fourth-order valence-electron chi connectivity index (χ4n) is 3.26. The highest BCUT2D eigenvalue weighted by Gasteiger charge is 2.48. The van der Waals surface area contributed by atoms with Crippen LogP contribution in [0.25, 0.3) is 0 Å². The molecule has 19 heavy (non-hydrogen) atoms. The summed E-state index contributed by atoms with van der Waals surface area (Å²) in [7, 11) is 0. The van der Waals surface area contributed by atoms with Crippen LogP contribution in [0.4, 0.5) is 4.79 Å². The van der Waals surface area contributed by atoms with Gasteiger partial charge in [-0.05, 0) is 46.0 Å². The van der Waals surface area contributed by atoms with Crippen LogP contribution >= 0.6 is 0 Å². The molecule has 1 N–H and O–H groups in total. The average molecular weight is 269 g/mol. The number of fused-ring (bicyclic) bond motifs is 1. The Hall–Kier alpha value is -1.26. The van der Waals surface area contributed by atoms with Crippen molar-refractivity contribution in [3.05, 3.63) is 0 Å². The Kier molecular flexibility index (Phi) is 3.74. The van der Waals surface area contributed by atoms with Crippen molar-refractivity contribution in [3.63, 3.8) is 0 Å². The van der Waals surface area contributed by atoms with Gasteiger partial charge in [0.05, 0.1) is 0 Å². The van der Waals surface area contributed by atoms with Crippen LogP contribution in [0.1, 0.15) is 52.9 Å². The first kappa shape index (κ1) is 14.2. The molecule has 1 amide bonds. The maximum Gasteiger partial charge on any atom is 0.411 e. The Labute approximate surface area is 113 Å². The van der Waals surface area contributed by atoms with E-state index < -0.39 is 23.7 Å². The number of carboxylic acid groups (broad SMARTS) is 1. The lowest BCUT2D eigenvalue weighted by molar-refractivity contribution is -0.142. The Balaban J connectivity index is 2.17. The van der Waals surface area contributed by atoms with Crippen molar-refractivity contribution in [3.8, 4) is 0 Å². The minimum Gasteiger partial charge on any atom is -0.480 e. The van der Waals surface area contributed by atoms with Gasteiger partial charge in [-0.15, -0.1) is 0 Å². The van der Waals surface area contributed by atoms with Gasteiger partial charge < -0.3 is 9.84 Å². The molecule has 3 unspecified atom stereocenters.